The lowest BCUT2D eigenvalue weighted by molar-refractivity contribution is 0.191. The summed E-state index contributed by atoms with van der Waals surface area (Å²) in [6, 6.07) is 8.98. The smallest absolute Gasteiger partial charge is 0.118 e. The first kappa shape index (κ1) is 13.4. The van der Waals surface area contributed by atoms with Gasteiger partial charge in [0.15, 0.2) is 0 Å². The van der Waals surface area contributed by atoms with Crippen molar-refractivity contribution in [2.75, 3.05) is 34.8 Å². The van der Waals surface area contributed by atoms with Crippen molar-refractivity contribution in [1.29, 1.82) is 0 Å². The van der Waals surface area contributed by atoms with E-state index in [0.717, 1.165) is 12.3 Å². The SMILES string of the molecule is CNCC1(C(c2ccc(OC)cc2)N(C)C)CC1. The Morgan fingerprint density at radius 1 is 1.28 bits per heavy atom. The van der Waals surface area contributed by atoms with Crippen LogP contribution in [0.15, 0.2) is 24.3 Å². The molecule has 1 unspecified atom stereocenters. The topological polar surface area (TPSA) is 24.5 Å². The number of hydrogen-bond acceptors (Lipinski definition) is 3. The number of ether oxygens (including phenoxy) is 1. The molecule has 1 aromatic rings. The number of nitrogens with zero attached hydrogens (tertiary/aromatic N) is 1. The summed E-state index contributed by atoms with van der Waals surface area (Å²) in [5, 5.41) is 3.35. The Morgan fingerprint density at radius 2 is 1.89 bits per heavy atom. The van der Waals surface area contributed by atoms with E-state index in [9.17, 15) is 0 Å². The van der Waals surface area contributed by atoms with E-state index in [1.54, 1.807) is 7.11 Å². The lowest BCUT2D eigenvalue weighted by atomic mass is 9.89. The van der Waals surface area contributed by atoms with Crippen LogP contribution >= 0.6 is 0 Å². The van der Waals surface area contributed by atoms with Crippen LogP contribution in [0.3, 0.4) is 0 Å². The Labute approximate surface area is 110 Å². The third kappa shape index (κ3) is 2.52. The van der Waals surface area contributed by atoms with Crippen molar-refractivity contribution in [3.8, 4) is 5.75 Å². The first-order valence-corrected chi connectivity index (χ1v) is 6.58. The summed E-state index contributed by atoms with van der Waals surface area (Å²) in [6.07, 6.45) is 2.62. The number of nitrogens with one attached hydrogen (secondary N) is 1. The van der Waals surface area contributed by atoms with Gasteiger partial charge in [0.1, 0.15) is 5.75 Å². The minimum absolute atomic E-state index is 0.410. The fourth-order valence-electron chi connectivity index (χ4n) is 3.05. The van der Waals surface area contributed by atoms with Crippen LogP contribution in [-0.4, -0.2) is 39.7 Å². The van der Waals surface area contributed by atoms with E-state index in [1.807, 2.05) is 7.05 Å². The normalized spacial score (nSPS) is 18.7. The van der Waals surface area contributed by atoms with E-state index in [4.69, 9.17) is 4.74 Å². The van der Waals surface area contributed by atoms with Crippen molar-refractivity contribution in [3.05, 3.63) is 29.8 Å². The van der Waals surface area contributed by atoms with E-state index in [0.29, 0.717) is 11.5 Å². The second-order valence-corrected chi connectivity index (χ2v) is 5.53. The van der Waals surface area contributed by atoms with Crippen molar-refractivity contribution in [2.45, 2.75) is 18.9 Å². The lowest BCUT2D eigenvalue weighted by Crippen LogP contribution is -2.34. The molecule has 18 heavy (non-hydrogen) atoms. The highest BCUT2D eigenvalue weighted by Gasteiger charge is 2.50. The third-order valence-corrected chi connectivity index (χ3v) is 3.95. The second kappa shape index (κ2) is 5.29. The minimum atomic E-state index is 0.410. The van der Waals surface area contributed by atoms with Crippen LogP contribution in [0.2, 0.25) is 0 Å². The van der Waals surface area contributed by atoms with Gasteiger partial charge in [-0.15, -0.1) is 0 Å². The predicted octanol–water partition coefficient (Wildman–Crippen LogP) is 2.30. The molecule has 3 nitrogen and oxygen atoms in total. The van der Waals surface area contributed by atoms with Crippen LogP contribution in [-0.2, 0) is 0 Å². The van der Waals surface area contributed by atoms with Crippen molar-refractivity contribution in [2.24, 2.45) is 5.41 Å². The summed E-state index contributed by atoms with van der Waals surface area (Å²) >= 11 is 0. The first-order chi connectivity index (χ1) is 8.63. The van der Waals surface area contributed by atoms with Gasteiger partial charge in [-0.25, -0.2) is 0 Å². The Kier molecular flexibility index (Phi) is 3.93. The van der Waals surface area contributed by atoms with Crippen LogP contribution < -0.4 is 10.1 Å². The Bertz CT molecular complexity index is 382. The Balaban J connectivity index is 2.24. The summed E-state index contributed by atoms with van der Waals surface area (Å²) < 4.78 is 5.23. The summed E-state index contributed by atoms with van der Waals surface area (Å²) in [5.74, 6) is 0.926. The molecule has 100 valence electrons. The van der Waals surface area contributed by atoms with E-state index in [1.165, 1.54) is 18.4 Å². The largest absolute Gasteiger partial charge is 0.497 e. The zero-order valence-corrected chi connectivity index (χ0v) is 11.9. The molecule has 1 atom stereocenters. The zero-order chi connectivity index (χ0) is 13.2. The lowest BCUT2D eigenvalue weighted by Gasteiger charge is -2.33. The monoisotopic (exact) mass is 248 g/mol. The highest BCUT2D eigenvalue weighted by atomic mass is 16.5. The van der Waals surface area contributed by atoms with Crippen molar-refractivity contribution in [1.82, 2.24) is 10.2 Å². The van der Waals surface area contributed by atoms with Crippen LogP contribution in [0.1, 0.15) is 24.4 Å². The summed E-state index contributed by atoms with van der Waals surface area (Å²) in [6.45, 7) is 1.09. The molecule has 1 N–H and O–H groups in total. The molecule has 0 aliphatic heterocycles. The quantitative estimate of drug-likeness (QED) is 0.836. The number of hydrogen-bond donors (Lipinski definition) is 1. The van der Waals surface area contributed by atoms with E-state index in [-0.39, 0.29) is 0 Å². The second-order valence-electron chi connectivity index (χ2n) is 5.53. The molecule has 0 amide bonds. The van der Waals surface area contributed by atoms with Gasteiger partial charge in [0.2, 0.25) is 0 Å². The molecule has 1 aromatic carbocycles. The standard InChI is InChI=1S/C15H24N2O/c1-16-11-15(9-10-15)14(17(2)3)12-5-7-13(18-4)8-6-12/h5-8,14,16H,9-11H2,1-4H3. The van der Waals surface area contributed by atoms with Crippen LogP contribution in [0, 0.1) is 5.41 Å². The molecule has 1 aliphatic rings. The van der Waals surface area contributed by atoms with Crippen LogP contribution in [0.5, 0.6) is 5.75 Å². The molecule has 0 heterocycles. The molecule has 0 spiro atoms. The molecule has 1 aliphatic carbocycles. The van der Waals surface area contributed by atoms with Crippen molar-refractivity contribution in [3.63, 3.8) is 0 Å². The average molecular weight is 248 g/mol. The highest BCUT2D eigenvalue weighted by Crippen LogP contribution is 2.56. The number of rotatable bonds is 6. The minimum Gasteiger partial charge on any atom is -0.497 e. The van der Waals surface area contributed by atoms with Crippen LogP contribution in [0.25, 0.3) is 0 Å². The van der Waals surface area contributed by atoms with E-state index >= 15 is 0 Å². The maximum atomic E-state index is 5.23. The van der Waals surface area contributed by atoms with Crippen molar-refractivity contribution >= 4 is 0 Å². The molecular weight excluding hydrogens is 224 g/mol. The maximum Gasteiger partial charge on any atom is 0.118 e. The summed E-state index contributed by atoms with van der Waals surface area (Å²) in [4.78, 5) is 2.34. The number of benzene rings is 1. The van der Waals surface area contributed by atoms with Gasteiger partial charge in [-0.05, 0) is 51.7 Å². The predicted molar refractivity (Wildman–Crippen MR) is 75.0 cm³/mol. The van der Waals surface area contributed by atoms with Gasteiger partial charge in [-0.3, -0.25) is 0 Å². The molecule has 3 heteroatoms. The summed E-state index contributed by atoms with van der Waals surface area (Å²) in [7, 11) is 8.10. The molecule has 1 fully saturated rings. The molecule has 0 radical (unpaired) electrons. The van der Waals surface area contributed by atoms with Crippen molar-refractivity contribution < 1.29 is 4.74 Å². The van der Waals surface area contributed by atoms with E-state index in [2.05, 4.69) is 48.6 Å². The van der Waals surface area contributed by atoms with Gasteiger partial charge < -0.3 is 15.0 Å². The van der Waals surface area contributed by atoms with E-state index < -0.39 is 0 Å². The van der Waals surface area contributed by atoms with Gasteiger partial charge >= 0.3 is 0 Å². The zero-order valence-electron chi connectivity index (χ0n) is 11.9. The molecule has 0 aromatic heterocycles. The Morgan fingerprint density at radius 3 is 2.28 bits per heavy atom. The fourth-order valence-corrected chi connectivity index (χ4v) is 3.05. The van der Waals surface area contributed by atoms with Gasteiger partial charge in [0, 0.05) is 18.0 Å². The maximum absolute atomic E-state index is 5.23. The van der Waals surface area contributed by atoms with Gasteiger partial charge in [0.05, 0.1) is 7.11 Å². The molecule has 0 bridgehead atoms. The Hall–Kier alpha value is -1.06. The van der Waals surface area contributed by atoms with Crippen LogP contribution in [0.4, 0.5) is 0 Å². The summed E-state index contributed by atoms with van der Waals surface area (Å²) in [5.41, 5.74) is 1.79. The molecular formula is C15H24N2O. The third-order valence-electron chi connectivity index (χ3n) is 3.95. The molecule has 1 saturated carbocycles. The molecule has 0 saturated heterocycles. The first-order valence-electron chi connectivity index (χ1n) is 6.58. The highest BCUT2D eigenvalue weighted by molar-refractivity contribution is 5.31. The average Bonchev–Trinajstić information content (AvgIpc) is 3.11. The van der Waals surface area contributed by atoms with Gasteiger partial charge in [0.25, 0.3) is 0 Å². The van der Waals surface area contributed by atoms with Gasteiger partial charge in [-0.1, -0.05) is 12.1 Å². The fraction of sp³-hybridized carbons (Fsp3) is 0.600. The number of methoxy groups -OCH3 is 1. The van der Waals surface area contributed by atoms with Gasteiger partial charge in [-0.2, -0.15) is 0 Å². The molecule has 2 rings (SSSR count).